The zero-order valence-corrected chi connectivity index (χ0v) is 12.6. The predicted octanol–water partition coefficient (Wildman–Crippen LogP) is 3.85. The number of nitrogens with zero attached hydrogens (tertiary/aromatic N) is 1. The Morgan fingerprint density at radius 1 is 1.10 bits per heavy atom. The summed E-state index contributed by atoms with van der Waals surface area (Å²) in [6.45, 7) is 2.77. The van der Waals surface area contributed by atoms with Crippen molar-refractivity contribution in [2.45, 2.75) is 19.9 Å². The summed E-state index contributed by atoms with van der Waals surface area (Å²) in [6.07, 6.45) is 0.981. The Labute approximate surface area is 128 Å². The molecule has 0 fully saturated rings. The molecule has 1 aromatic heterocycles. The topological polar surface area (TPSA) is 63.0 Å². The minimum atomic E-state index is 0.386. The fourth-order valence-electron chi connectivity index (χ4n) is 1.95. The highest BCUT2D eigenvalue weighted by Gasteiger charge is 2.09. The highest BCUT2D eigenvalue weighted by molar-refractivity contribution is 6.37. The van der Waals surface area contributed by atoms with E-state index in [2.05, 4.69) is 34.8 Å². The summed E-state index contributed by atoms with van der Waals surface area (Å²) in [5.74, 6) is 6.30. The molecule has 1 heterocycles. The van der Waals surface area contributed by atoms with Crippen LogP contribution in [-0.4, -0.2) is 4.98 Å². The number of anilines is 2. The highest BCUT2D eigenvalue weighted by atomic mass is 35.5. The SMILES string of the molecule is CCc1ccccc1CNc1nc(NN)c(Cl)cc1Cl. The van der Waals surface area contributed by atoms with Gasteiger partial charge in [0.2, 0.25) is 0 Å². The lowest BCUT2D eigenvalue weighted by Crippen LogP contribution is -2.11. The Bertz CT molecular complexity index is 602. The van der Waals surface area contributed by atoms with Gasteiger partial charge in [-0.1, -0.05) is 54.4 Å². The second-order valence-corrected chi connectivity index (χ2v) is 5.08. The summed E-state index contributed by atoms with van der Waals surface area (Å²) < 4.78 is 0. The molecule has 4 N–H and O–H groups in total. The first-order chi connectivity index (χ1) is 9.65. The zero-order chi connectivity index (χ0) is 14.5. The number of aromatic nitrogens is 1. The molecule has 0 aliphatic carbocycles. The maximum absolute atomic E-state index is 6.12. The molecule has 0 aliphatic rings. The monoisotopic (exact) mass is 310 g/mol. The van der Waals surface area contributed by atoms with Crippen LogP contribution in [0.5, 0.6) is 0 Å². The van der Waals surface area contributed by atoms with E-state index in [1.54, 1.807) is 6.07 Å². The minimum Gasteiger partial charge on any atom is -0.365 e. The second kappa shape index (κ2) is 6.79. The van der Waals surface area contributed by atoms with E-state index in [4.69, 9.17) is 29.0 Å². The smallest absolute Gasteiger partial charge is 0.161 e. The maximum Gasteiger partial charge on any atom is 0.161 e. The summed E-state index contributed by atoms with van der Waals surface area (Å²) in [6, 6.07) is 9.85. The van der Waals surface area contributed by atoms with Gasteiger partial charge in [0.15, 0.2) is 5.82 Å². The molecule has 0 unspecified atom stereocenters. The van der Waals surface area contributed by atoms with E-state index >= 15 is 0 Å². The van der Waals surface area contributed by atoms with Gasteiger partial charge in [-0.2, -0.15) is 0 Å². The van der Waals surface area contributed by atoms with Crippen molar-refractivity contribution in [2.75, 3.05) is 10.7 Å². The van der Waals surface area contributed by atoms with Crippen LogP contribution in [0.4, 0.5) is 11.6 Å². The van der Waals surface area contributed by atoms with Crippen LogP contribution in [0.1, 0.15) is 18.1 Å². The number of nitrogen functional groups attached to an aromatic ring is 1. The van der Waals surface area contributed by atoms with Crippen molar-refractivity contribution in [3.8, 4) is 0 Å². The lowest BCUT2D eigenvalue weighted by Gasteiger charge is -2.12. The minimum absolute atomic E-state index is 0.386. The standard InChI is InChI=1S/C14H16Cl2N4/c1-2-9-5-3-4-6-10(9)8-18-13-11(15)7-12(16)14(19-13)20-17/h3-7H,2,8,17H2,1H3,(H2,18,19,20). The normalized spacial score (nSPS) is 10.4. The quantitative estimate of drug-likeness (QED) is 0.580. The fourth-order valence-corrected chi connectivity index (χ4v) is 2.43. The summed E-state index contributed by atoms with van der Waals surface area (Å²) in [4.78, 5) is 4.25. The van der Waals surface area contributed by atoms with Gasteiger partial charge in [0.1, 0.15) is 5.82 Å². The van der Waals surface area contributed by atoms with Crippen molar-refractivity contribution in [2.24, 2.45) is 5.84 Å². The van der Waals surface area contributed by atoms with E-state index in [1.807, 2.05) is 12.1 Å². The van der Waals surface area contributed by atoms with Gasteiger partial charge in [-0.15, -0.1) is 0 Å². The first-order valence-electron chi connectivity index (χ1n) is 6.29. The molecular weight excluding hydrogens is 295 g/mol. The van der Waals surface area contributed by atoms with Gasteiger partial charge in [0.05, 0.1) is 10.0 Å². The molecule has 0 saturated carbocycles. The van der Waals surface area contributed by atoms with Gasteiger partial charge in [0, 0.05) is 6.54 Å². The molecule has 0 amide bonds. The third-order valence-electron chi connectivity index (χ3n) is 3.01. The van der Waals surface area contributed by atoms with Crippen molar-refractivity contribution < 1.29 is 0 Å². The number of hydrogen-bond acceptors (Lipinski definition) is 4. The molecular formula is C14H16Cl2N4. The van der Waals surface area contributed by atoms with E-state index in [1.165, 1.54) is 11.1 Å². The van der Waals surface area contributed by atoms with E-state index in [9.17, 15) is 0 Å². The first kappa shape index (κ1) is 14.9. The van der Waals surface area contributed by atoms with Crippen molar-refractivity contribution in [3.63, 3.8) is 0 Å². The van der Waals surface area contributed by atoms with Gasteiger partial charge in [-0.05, 0) is 23.6 Å². The van der Waals surface area contributed by atoms with Crippen LogP contribution in [0.25, 0.3) is 0 Å². The number of hydrazine groups is 1. The molecule has 0 aliphatic heterocycles. The largest absolute Gasteiger partial charge is 0.365 e. The van der Waals surface area contributed by atoms with Gasteiger partial charge < -0.3 is 10.7 Å². The summed E-state index contributed by atoms with van der Waals surface area (Å²) >= 11 is 12.1. The Morgan fingerprint density at radius 3 is 2.40 bits per heavy atom. The van der Waals surface area contributed by atoms with Crippen LogP contribution in [0.2, 0.25) is 10.0 Å². The van der Waals surface area contributed by atoms with Crippen molar-refractivity contribution in [3.05, 3.63) is 51.5 Å². The predicted molar refractivity (Wildman–Crippen MR) is 85.2 cm³/mol. The van der Waals surface area contributed by atoms with Crippen LogP contribution in [-0.2, 0) is 13.0 Å². The van der Waals surface area contributed by atoms with Crippen molar-refractivity contribution in [1.82, 2.24) is 4.98 Å². The molecule has 0 atom stereocenters. The molecule has 0 radical (unpaired) electrons. The number of nitrogens with one attached hydrogen (secondary N) is 2. The van der Waals surface area contributed by atoms with E-state index in [0.717, 1.165) is 6.42 Å². The van der Waals surface area contributed by atoms with Gasteiger partial charge in [0.25, 0.3) is 0 Å². The number of halogens is 2. The van der Waals surface area contributed by atoms with Crippen LogP contribution < -0.4 is 16.6 Å². The second-order valence-electron chi connectivity index (χ2n) is 4.27. The van der Waals surface area contributed by atoms with Crippen LogP contribution in [0.3, 0.4) is 0 Å². The molecule has 0 spiro atoms. The molecule has 20 heavy (non-hydrogen) atoms. The number of benzene rings is 1. The molecule has 1 aromatic carbocycles. The highest BCUT2D eigenvalue weighted by Crippen LogP contribution is 2.29. The van der Waals surface area contributed by atoms with Crippen LogP contribution >= 0.6 is 23.2 Å². The molecule has 4 nitrogen and oxygen atoms in total. The average molecular weight is 311 g/mol. The average Bonchev–Trinajstić information content (AvgIpc) is 2.46. The molecule has 0 saturated heterocycles. The number of pyridine rings is 1. The molecule has 2 aromatic rings. The van der Waals surface area contributed by atoms with E-state index in [-0.39, 0.29) is 0 Å². The molecule has 106 valence electrons. The van der Waals surface area contributed by atoms with Crippen molar-refractivity contribution >= 4 is 34.8 Å². The van der Waals surface area contributed by atoms with Crippen LogP contribution in [0.15, 0.2) is 30.3 Å². The van der Waals surface area contributed by atoms with E-state index in [0.29, 0.717) is 28.2 Å². The molecule has 6 heteroatoms. The first-order valence-corrected chi connectivity index (χ1v) is 7.04. The van der Waals surface area contributed by atoms with Gasteiger partial charge >= 0.3 is 0 Å². The zero-order valence-electron chi connectivity index (χ0n) is 11.1. The summed E-state index contributed by atoms with van der Waals surface area (Å²) in [5.41, 5.74) is 4.95. The van der Waals surface area contributed by atoms with Gasteiger partial charge in [-0.25, -0.2) is 10.8 Å². The number of hydrogen-bond donors (Lipinski definition) is 3. The van der Waals surface area contributed by atoms with Crippen molar-refractivity contribution in [1.29, 1.82) is 0 Å². The fraction of sp³-hybridized carbons (Fsp3) is 0.214. The summed E-state index contributed by atoms with van der Waals surface area (Å²) in [7, 11) is 0. The Balaban J connectivity index is 2.18. The lowest BCUT2D eigenvalue weighted by atomic mass is 10.1. The third-order valence-corrected chi connectivity index (χ3v) is 3.59. The van der Waals surface area contributed by atoms with Crippen LogP contribution in [0, 0.1) is 0 Å². The third kappa shape index (κ3) is 3.33. The maximum atomic E-state index is 6.12. The number of nitrogens with two attached hydrogens (primary N) is 1. The molecule has 2 rings (SSSR count). The van der Waals surface area contributed by atoms with E-state index < -0.39 is 0 Å². The Morgan fingerprint density at radius 2 is 1.75 bits per heavy atom. The van der Waals surface area contributed by atoms with Gasteiger partial charge in [-0.3, -0.25) is 0 Å². The number of rotatable bonds is 5. The lowest BCUT2D eigenvalue weighted by molar-refractivity contribution is 1.03. The summed E-state index contributed by atoms with van der Waals surface area (Å²) in [5, 5.41) is 4.06. The molecule has 0 bridgehead atoms. The Kier molecular flexibility index (Phi) is 5.06. The number of aryl methyl sites for hydroxylation is 1. The Hall–Kier alpha value is -1.49.